The number of aryl methyl sites for hydroxylation is 3. The highest BCUT2D eigenvalue weighted by Crippen LogP contribution is 2.21. The number of aromatic nitrogens is 3. The molecule has 0 aromatic carbocycles. The van der Waals surface area contributed by atoms with Crippen molar-refractivity contribution in [3.8, 4) is 0 Å². The zero-order chi connectivity index (χ0) is 17.4. The number of fused-ring (bicyclic) bond motifs is 1. The molecule has 0 aliphatic carbocycles. The third-order valence-electron chi connectivity index (χ3n) is 5.14. The Hall–Kier alpha value is -2.15. The van der Waals surface area contributed by atoms with E-state index in [1.807, 2.05) is 25.8 Å². The largest absolute Gasteiger partial charge is 0.341 e. The molecule has 2 aromatic heterocycles. The Morgan fingerprint density at radius 3 is 2.83 bits per heavy atom. The topological polar surface area (TPSA) is 83.0 Å². The predicted molar refractivity (Wildman–Crippen MR) is 93.2 cm³/mol. The summed E-state index contributed by atoms with van der Waals surface area (Å²) in [7, 11) is 3.66. The summed E-state index contributed by atoms with van der Waals surface area (Å²) in [4.78, 5) is 31.0. The van der Waals surface area contributed by atoms with E-state index in [2.05, 4.69) is 15.4 Å². The fraction of sp³-hybridized carbons (Fsp3) is 0.588. The Kier molecular flexibility index (Phi) is 4.45. The molecule has 1 aliphatic heterocycles. The second-order valence-corrected chi connectivity index (χ2v) is 6.65. The molecule has 130 valence electrons. The Morgan fingerprint density at radius 1 is 1.42 bits per heavy atom. The number of amides is 1. The standard InChI is InChI=1S/C17H25N5O2/c1-10-13(5-6-14(23)21(3)12-7-8-18-9-12)11(2)19-16-15(10)17(24)20-22(16)4/h12,18H,5-9H2,1-4H3,(H,20,24). The lowest BCUT2D eigenvalue weighted by Gasteiger charge is -2.24. The Balaban J connectivity index is 1.81. The Bertz CT molecular complexity index is 830. The zero-order valence-corrected chi connectivity index (χ0v) is 14.8. The van der Waals surface area contributed by atoms with E-state index in [0.29, 0.717) is 23.9 Å². The van der Waals surface area contributed by atoms with Gasteiger partial charge in [0.25, 0.3) is 5.56 Å². The fourth-order valence-corrected chi connectivity index (χ4v) is 3.60. The maximum absolute atomic E-state index is 12.5. The van der Waals surface area contributed by atoms with Gasteiger partial charge in [-0.05, 0) is 44.4 Å². The summed E-state index contributed by atoms with van der Waals surface area (Å²) in [6.07, 6.45) is 2.05. The second kappa shape index (κ2) is 6.39. The van der Waals surface area contributed by atoms with Gasteiger partial charge in [-0.2, -0.15) is 0 Å². The number of rotatable bonds is 4. The first-order chi connectivity index (χ1) is 11.4. The predicted octanol–water partition coefficient (Wildman–Crippen LogP) is 0.631. The lowest BCUT2D eigenvalue weighted by molar-refractivity contribution is -0.131. The van der Waals surface area contributed by atoms with Gasteiger partial charge in [0, 0.05) is 38.8 Å². The molecule has 24 heavy (non-hydrogen) atoms. The van der Waals surface area contributed by atoms with Crippen molar-refractivity contribution < 1.29 is 4.79 Å². The third kappa shape index (κ3) is 2.84. The number of nitrogens with zero attached hydrogens (tertiary/aromatic N) is 3. The number of carbonyl (C=O) groups excluding carboxylic acids is 1. The Morgan fingerprint density at radius 2 is 2.17 bits per heavy atom. The zero-order valence-electron chi connectivity index (χ0n) is 14.8. The molecule has 1 unspecified atom stereocenters. The van der Waals surface area contributed by atoms with Crippen molar-refractivity contribution in [1.29, 1.82) is 0 Å². The smallest absolute Gasteiger partial charge is 0.273 e. The molecular formula is C17H25N5O2. The van der Waals surface area contributed by atoms with E-state index < -0.39 is 0 Å². The summed E-state index contributed by atoms with van der Waals surface area (Å²) in [6.45, 7) is 5.72. The molecule has 2 N–H and O–H groups in total. The van der Waals surface area contributed by atoms with E-state index in [1.54, 1.807) is 11.7 Å². The van der Waals surface area contributed by atoms with Gasteiger partial charge in [0.2, 0.25) is 5.91 Å². The normalized spacial score (nSPS) is 17.6. The lowest BCUT2D eigenvalue weighted by Crippen LogP contribution is -2.38. The van der Waals surface area contributed by atoms with E-state index in [0.717, 1.165) is 36.3 Å². The monoisotopic (exact) mass is 331 g/mol. The first-order valence-electron chi connectivity index (χ1n) is 8.41. The third-order valence-corrected chi connectivity index (χ3v) is 5.14. The number of hydrogen-bond acceptors (Lipinski definition) is 4. The molecule has 0 radical (unpaired) electrons. The van der Waals surface area contributed by atoms with Crippen LogP contribution < -0.4 is 10.9 Å². The number of H-pyrrole nitrogens is 1. The number of aromatic amines is 1. The van der Waals surface area contributed by atoms with Crippen LogP contribution in [-0.2, 0) is 18.3 Å². The van der Waals surface area contributed by atoms with E-state index in [-0.39, 0.29) is 17.5 Å². The SMILES string of the molecule is Cc1nc2c(c(C)c1CCC(=O)N(C)C1CCNC1)c(=O)[nH]n2C. The summed E-state index contributed by atoms with van der Waals surface area (Å²) < 4.78 is 1.65. The van der Waals surface area contributed by atoms with E-state index >= 15 is 0 Å². The van der Waals surface area contributed by atoms with Gasteiger partial charge in [-0.15, -0.1) is 0 Å². The van der Waals surface area contributed by atoms with Crippen LogP contribution in [0.1, 0.15) is 29.7 Å². The summed E-state index contributed by atoms with van der Waals surface area (Å²) in [5.41, 5.74) is 3.36. The Labute approximate surface area is 141 Å². The summed E-state index contributed by atoms with van der Waals surface area (Å²) in [5, 5.41) is 6.66. The van der Waals surface area contributed by atoms with Crippen molar-refractivity contribution in [2.45, 2.75) is 39.2 Å². The van der Waals surface area contributed by atoms with E-state index in [9.17, 15) is 9.59 Å². The van der Waals surface area contributed by atoms with Crippen LogP contribution in [0.2, 0.25) is 0 Å². The molecule has 7 nitrogen and oxygen atoms in total. The van der Waals surface area contributed by atoms with Crippen molar-refractivity contribution in [2.75, 3.05) is 20.1 Å². The molecule has 3 rings (SSSR count). The molecule has 2 aromatic rings. The van der Waals surface area contributed by atoms with E-state index in [4.69, 9.17) is 0 Å². The summed E-state index contributed by atoms with van der Waals surface area (Å²) >= 11 is 0. The van der Waals surface area contributed by atoms with Crippen LogP contribution in [0, 0.1) is 13.8 Å². The van der Waals surface area contributed by atoms with Crippen LogP contribution in [-0.4, -0.2) is 51.8 Å². The summed E-state index contributed by atoms with van der Waals surface area (Å²) in [6, 6.07) is 0.289. The van der Waals surface area contributed by atoms with Gasteiger partial charge in [0.1, 0.15) is 0 Å². The van der Waals surface area contributed by atoms with Crippen LogP contribution >= 0.6 is 0 Å². The van der Waals surface area contributed by atoms with Crippen molar-refractivity contribution in [3.05, 3.63) is 27.2 Å². The minimum absolute atomic E-state index is 0.126. The number of likely N-dealkylation sites (N-methyl/N-ethyl adjacent to an activating group) is 1. The van der Waals surface area contributed by atoms with Gasteiger partial charge in [0.05, 0.1) is 5.39 Å². The molecule has 7 heteroatoms. The van der Waals surface area contributed by atoms with Gasteiger partial charge >= 0.3 is 0 Å². The molecule has 1 amide bonds. The summed E-state index contributed by atoms with van der Waals surface area (Å²) in [5.74, 6) is 0.143. The highest BCUT2D eigenvalue weighted by Gasteiger charge is 2.23. The first-order valence-corrected chi connectivity index (χ1v) is 8.41. The highest BCUT2D eigenvalue weighted by molar-refractivity contribution is 5.81. The molecule has 0 saturated carbocycles. The first kappa shape index (κ1) is 16.7. The average molecular weight is 331 g/mol. The molecule has 3 heterocycles. The van der Waals surface area contributed by atoms with E-state index in [1.165, 1.54) is 0 Å². The molecule has 0 bridgehead atoms. The van der Waals surface area contributed by atoms with Crippen LogP contribution in [0.5, 0.6) is 0 Å². The van der Waals surface area contributed by atoms with Gasteiger partial charge in [-0.1, -0.05) is 0 Å². The molecule has 1 fully saturated rings. The van der Waals surface area contributed by atoms with Crippen LogP contribution in [0.15, 0.2) is 4.79 Å². The number of pyridine rings is 1. The van der Waals surface area contributed by atoms with Gasteiger partial charge in [-0.25, -0.2) is 4.98 Å². The van der Waals surface area contributed by atoms with Crippen LogP contribution in [0.3, 0.4) is 0 Å². The van der Waals surface area contributed by atoms with Crippen molar-refractivity contribution in [1.82, 2.24) is 25.0 Å². The molecule has 1 aliphatic rings. The highest BCUT2D eigenvalue weighted by atomic mass is 16.2. The number of carbonyl (C=O) groups is 1. The minimum atomic E-state index is -0.126. The average Bonchev–Trinajstić information content (AvgIpc) is 3.15. The quantitative estimate of drug-likeness (QED) is 0.861. The molecule has 1 atom stereocenters. The number of nitrogens with one attached hydrogen (secondary N) is 2. The van der Waals surface area contributed by atoms with Crippen molar-refractivity contribution >= 4 is 16.9 Å². The molecule has 1 saturated heterocycles. The van der Waals surface area contributed by atoms with Crippen molar-refractivity contribution in [2.24, 2.45) is 7.05 Å². The van der Waals surface area contributed by atoms with Crippen LogP contribution in [0.4, 0.5) is 0 Å². The lowest BCUT2D eigenvalue weighted by atomic mass is 10.00. The van der Waals surface area contributed by atoms with Crippen molar-refractivity contribution in [3.63, 3.8) is 0 Å². The minimum Gasteiger partial charge on any atom is -0.341 e. The van der Waals surface area contributed by atoms with Gasteiger partial charge < -0.3 is 10.2 Å². The molecular weight excluding hydrogens is 306 g/mol. The van der Waals surface area contributed by atoms with Gasteiger partial charge in [-0.3, -0.25) is 19.4 Å². The maximum Gasteiger partial charge on any atom is 0.273 e. The van der Waals surface area contributed by atoms with Crippen LogP contribution in [0.25, 0.3) is 11.0 Å². The second-order valence-electron chi connectivity index (χ2n) is 6.65. The fourth-order valence-electron chi connectivity index (χ4n) is 3.60. The maximum atomic E-state index is 12.5. The van der Waals surface area contributed by atoms with Gasteiger partial charge in [0.15, 0.2) is 5.65 Å². The molecule has 0 spiro atoms. The number of hydrogen-bond donors (Lipinski definition) is 2.